The fourth-order valence-corrected chi connectivity index (χ4v) is 3.10. The van der Waals surface area contributed by atoms with Gasteiger partial charge >= 0.3 is 0 Å². The Labute approximate surface area is 151 Å². The number of benzene rings is 2. The molecule has 4 aromatic rings. The Morgan fingerprint density at radius 2 is 1.77 bits per heavy atom. The van der Waals surface area contributed by atoms with Gasteiger partial charge in [0.15, 0.2) is 5.65 Å². The molecule has 130 valence electrons. The molecule has 2 heterocycles. The average Bonchev–Trinajstić information content (AvgIpc) is 3.03. The van der Waals surface area contributed by atoms with Crippen LogP contribution in [0.1, 0.15) is 18.3 Å². The third-order valence-electron chi connectivity index (χ3n) is 4.30. The van der Waals surface area contributed by atoms with E-state index in [1.54, 1.807) is 12.1 Å². The van der Waals surface area contributed by atoms with E-state index in [1.165, 1.54) is 12.1 Å². The van der Waals surface area contributed by atoms with E-state index < -0.39 is 0 Å². The highest BCUT2D eigenvalue weighted by Gasteiger charge is 2.17. The molecule has 2 aromatic heterocycles. The molecule has 26 heavy (non-hydrogen) atoms. The van der Waals surface area contributed by atoms with E-state index in [4.69, 9.17) is 10.1 Å². The van der Waals surface area contributed by atoms with Crippen molar-refractivity contribution in [3.8, 4) is 11.1 Å². The second-order valence-electron chi connectivity index (χ2n) is 6.19. The molecule has 0 aliphatic rings. The number of nitrogens with zero attached hydrogens (tertiary/aromatic N) is 3. The van der Waals surface area contributed by atoms with Crippen molar-refractivity contribution >= 4 is 17.2 Å². The Hall–Kier alpha value is -3.21. The Bertz CT molecular complexity index is 1050. The first-order valence-electron chi connectivity index (χ1n) is 8.63. The molecule has 0 fully saturated rings. The van der Waals surface area contributed by atoms with Gasteiger partial charge in [-0.1, -0.05) is 37.3 Å². The number of anilines is 2. The summed E-state index contributed by atoms with van der Waals surface area (Å²) in [5.74, 6) is 0.543. The number of aromatic nitrogens is 3. The van der Waals surface area contributed by atoms with Crippen molar-refractivity contribution in [3.63, 3.8) is 0 Å². The van der Waals surface area contributed by atoms with Crippen LogP contribution in [0, 0.1) is 12.7 Å². The second-order valence-corrected chi connectivity index (χ2v) is 6.19. The summed E-state index contributed by atoms with van der Waals surface area (Å²) < 4.78 is 15.0. The van der Waals surface area contributed by atoms with Crippen molar-refractivity contribution in [3.05, 3.63) is 77.9 Å². The summed E-state index contributed by atoms with van der Waals surface area (Å²) in [6.45, 7) is 4.05. The van der Waals surface area contributed by atoms with Gasteiger partial charge in [-0.2, -0.15) is 9.61 Å². The largest absolute Gasteiger partial charge is 0.340 e. The Morgan fingerprint density at radius 3 is 2.46 bits per heavy atom. The van der Waals surface area contributed by atoms with Gasteiger partial charge in [0, 0.05) is 23.0 Å². The van der Waals surface area contributed by atoms with Gasteiger partial charge in [-0.25, -0.2) is 9.37 Å². The Balaban J connectivity index is 1.90. The lowest BCUT2D eigenvalue weighted by Crippen LogP contribution is -2.02. The van der Waals surface area contributed by atoms with Crippen LogP contribution in [0.25, 0.3) is 16.8 Å². The first kappa shape index (κ1) is 16.3. The molecule has 0 saturated carbocycles. The topological polar surface area (TPSA) is 42.2 Å². The maximum atomic E-state index is 13.2. The molecule has 1 N–H and O–H groups in total. The van der Waals surface area contributed by atoms with E-state index in [2.05, 4.69) is 24.4 Å². The third-order valence-corrected chi connectivity index (χ3v) is 4.30. The highest BCUT2D eigenvalue weighted by atomic mass is 19.1. The van der Waals surface area contributed by atoms with E-state index in [0.717, 1.165) is 46.1 Å². The predicted molar refractivity (Wildman–Crippen MR) is 102 cm³/mol. The lowest BCUT2D eigenvalue weighted by atomic mass is 10.0. The zero-order valence-corrected chi connectivity index (χ0v) is 14.7. The van der Waals surface area contributed by atoms with Crippen LogP contribution in [0.2, 0.25) is 0 Å². The van der Waals surface area contributed by atoms with Crippen LogP contribution >= 0.6 is 0 Å². The van der Waals surface area contributed by atoms with Gasteiger partial charge in [0.1, 0.15) is 11.6 Å². The van der Waals surface area contributed by atoms with Crippen molar-refractivity contribution in [1.82, 2.24) is 14.6 Å². The van der Waals surface area contributed by atoms with Crippen LogP contribution in [-0.2, 0) is 6.42 Å². The molecule has 5 heteroatoms. The average molecular weight is 346 g/mol. The number of nitrogens with one attached hydrogen (secondary N) is 1. The summed E-state index contributed by atoms with van der Waals surface area (Å²) in [7, 11) is 0. The summed E-state index contributed by atoms with van der Waals surface area (Å²) in [4.78, 5) is 4.74. The molecular weight excluding hydrogens is 327 g/mol. The van der Waals surface area contributed by atoms with Crippen molar-refractivity contribution in [2.45, 2.75) is 20.3 Å². The van der Waals surface area contributed by atoms with Crippen LogP contribution in [0.5, 0.6) is 0 Å². The molecule has 0 amide bonds. The molecule has 0 bridgehead atoms. The summed E-state index contributed by atoms with van der Waals surface area (Å²) >= 11 is 0. The molecule has 2 aromatic carbocycles. The number of aryl methyl sites for hydroxylation is 2. The van der Waals surface area contributed by atoms with E-state index in [1.807, 2.05) is 35.7 Å². The van der Waals surface area contributed by atoms with Gasteiger partial charge in [-0.15, -0.1) is 0 Å². The summed E-state index contributed by atoms with van der Waals surface area (Å²) in [6.07, 6.45) is 0.808. The van der Waals surface area contributed by atoms with Crippen molar-refractivity contribution in [2.75, 3.05) is 5.32 Å². The molecule has 0 aliphatic heterocycles. The highest BCUT2D eigenvalue weighted by molar-refractivity contribution is 5.81. The molecule has 0 saturated heterocycles. The van der Waals surface area contributed by atoms with Gasteiger partial charge in [-0.05, 0) is 43.2 Å². The molecular formula is C21H19FN4. The number of rotatable bonds is 4. The fraction of sp³-hybridized carbons (Fsp3) is 0.143. The van der Waals surface area contributed by atoms with Gasteiger partial charge in [0.05, 0.1) is 5.69 Å². The van der Waals surface area contributed by atoms with Crippen LogP contribution < -0.4 is 5.32 Å². The second kappa shape index (κ2) is 6.59. The van der Waals surface area contributed by atoms with Crippen LogP contribution in [-0.4, -0.2) is 14.6 Å². The zero-order valence-electron chi connectivity index (χ0n) is 14.7. The van der Waals surface area contributed by atoms with Crippen LogP contribution in [0.15, 0.2) is 60.7 Å². The molecule has 0 atom stereocenters. The monoisotopic (exact) mass is 346 g/mol. The van der Waals surface area contributed by atoms with E-state index in [9.17, 15) is 4.39 Å². The van der Waals surface area contributed by atoms with E-state index in [0.29, 0.717) is 0 Å². The minimum absolute atomic E-state index is 0.259. The maximum Gasteiger partial charge on any atom is 0.165 e. The number of hydrogen-bond donors (Lipinski definition) is 1. The molecule has 4 rings (SSSR count). The maximum absolute atomic E-state index is 13.2. The standard InChI is InChI=1S/C21H19FN4/c1-3-18-20(15-7-5-4-6-8-15)21-23-14(2)13-19(26(21)25-18)24-17-11-9-16(22)10-12-17/h4-13,24H,3H2,1-2H3. The fourth-order valence-electron chi connectivity index (χ4n) is 3.10. The first-order valence-corrected chi connectivity index (χ1v) is 8.63. The van der Waals surface area contributed by atoms with Gasteiger partial charge < -0.3 is 5.32 Å². The van der Waals surface area contributed by atoms with Crippen LogP contribution in [0.4, 0.5) is 15.9 Å². The van der Waals surface area contributed by atoms with Crippen molar-refractivity contribution < 1.29 is 4.39 Å². The summed E-state index contributed by atoms with van der Waals surface area (Å²) in [5.41, 5.74) is 5.66. The highest BCUT2D eigenvalue weighted by Crippen LogP contribution is 2.30. The number of halogens is 1. The molecule has 4 nitrogen and oxygen atoms in total. The minimum atomic E-state index is -0.259. The summed E-state index contributed by atoms with van der Waals surface area (Å²) in [6, 6.07) is 18.4. The summed E-state index contributed by atoms with van der Waals surface area (Å²) in [5, 5.41) is 8.10. The van der Waals surface area contributed by atoms with E-state index in [-0.39, 0.29) is 5.82 Å². The SMILES string of the molecule is CCc1nn2c(Nc3ccc(F)cc3)cc(C)nc2c1-c1ccccc1. The Morgan fingerprint density at radius 1 is 1.04 bits per heavy atom. The van der Waals surface area contributed by atoms with Gasteiger partial charge in [-0.3, -0.25) is 0 Å². The zero-order chi connectivity index (χ0) is 18.1. The number of fused-ring (bicyclic) bond motifs is 1. The smallest absolute Gasteiger partial charge is 0.165 e. The molecule has 0 radical (unpaired) electrons. The van der Waals surface area contributed by atoms with Crippen molar-refractivity contribution in [1.29, 1.82) is 0 Å². The quantitative estimate of drug-likeness (QED) is 0.556. The Kier molecular flexibility index (Phi) is 4.13. The van der Waals surface area contributed by atoms with Crippen molar-refractivity contribution in [2.24, 2.45) is 0 Å². The normalized spacial score (nSPS) is 11.0. The predicted octanol–water partition coefficient (Wildman–Crippen LogP) is 5.15. The lowest BCUT2D eigenvalue weighted by Gasteiger charge is -2.10. The molecule has 0 unspecified atom stereocenters. The minimum Gasteiger partial charge on any atom is -0.340 e. The van der Waals surface area contributed by atoms with Crippen LogP contribution in [0.3, 0.4) is 0 Å². The molecule has 0 aliphatic carbocycles. The van der Waals surface area contributed by atoms with E-state index >= 15 is 0 Å². The lowest BCUT2D eigenvalue weighted by molar-refractivity contribution is 0.628. The number of hydrogen-bond acceptors (Lipinski definition) is 3. The third kappa shape index (κ3) is 2.92. The molecule has 0 spiro atoms. The van der Waals surface area contributed by atoms with Gasteiger partial charge in [0.2, 0.25) is 0 Å². The first-order chi connectivity index (χ1) is 12.7. The van der Waals surface area contributed by atoms with Gasteiger partial charge in [0.25, 0.3) is 0 Å².